The molecule has 1 aromatic heterocycles. The van der Waals surface area contributed by atoms with Gasteiger partial charge in [-0.05, 0) is 18.2 Å². The molecule has 0 aliphatic carbocycles. The van der Waals surface area contributed by atoms with Crippen molar-refractivity contribution in [3.05, 3.63) is 54.6 Å². The first kappa shape index (κ1) is 16.0. The molecule has 0 saturated carbocycles. The largest absolute Gasteiger partial charge is 0.367 e. The van der Waals surface area contributed by atoms with Crippen molar-refractivity contribution in [2.75, 3.05) is 31.1 Å². The van der Waals surface area contributed by atoms with Crippen LogP contribution >= 0.6 is 0 Å². The van der Waals surface area contributed by atoms with Crippen LogP contribution in [0, 0.1) is 5.82 Å². The molecular formula is C17H17FN4O2S. The van der Waals surface area contributed by atoms with Crippen molar-refractivity contribution in [2.45, 2.75) is 4.90 Å². The summed E-state index contributed by atoms with van der Waals surface area (Å²) in [5, 5.41) is 3.24. The fraction of sp³-hybridized carbons (Fsp3) is 0.235. The van der Waals surface area contributed by atoms with Crippen LogP contribution in [0.3, 0.4) is 0 Å². The Bertz CT molecular complexity index is 1010. The van der Waals surface area contributed by atoms with Crippen LogP contribution in [0.4, 0.5) is 10.1 Å². The molecule has 8 heteroatoms. The van der Waals surface area contributed by atoms with Gasteiger partial charge in [-0.25, -0.2) is 21.8 Å². The average molecular weight is 360 g/mol. The van der Waals surface area contributed by atoms with Crippen molar-refractivity contribution in [3.63, 3.8) is 0 Å². The number of rotatable bonds is 3. The number of benzene rings is 2. The van der Waals surface area contributed by atoms with Gasteiger partial charge in [0, 0.05) is 32.2 Å². The summed E-state index contributed by atoms with van der Waals surface area (Å²) in [5.74, 6) is -0.481. The third-order valence-corrected chi connectivity index (χ3v) is 6.00. The Morgan fingerprint density at radius 2 is 1.80 bits per heavy atom. The molecule has 0 atom stereocenters. The highest BCUT2D eigenvalue weighted by molar-refractivity contribution is 7.90. The van der Waals surface area contributed by atoms with Crippen molar-refractivity contribution in [3.8, 4) is 0 Å². The van der Waals surface area contributed by atoms with E-state index in [1.807, 2.05) is 4.90 Å². The van der Waals surface area contributed by atoms with E-state index in [0.29, 0.717) is 11.2 Å². The lowest BCUT2D eigenvalue weighted by Crippen LogP contribution is -2.43. The number of piperazine rings is 1. The maximum atomic E-state index is 14.2. The molecule has 0 bridgehead atoms. The van der Waals surface area contributed by atoms with Crippen molar-refractivity contribution >= 4 is 26.7 Å². The fourth-order valence-corrected chi connectivity index (χ4v) is 4.39. The highest BCUT2D eigenvalue weighted by Crippen LogP contribution is 2.29. The lowest BCUT2D eigenvalue weighted by Gasteiger charge is -2.29. The number of hydrogen-bond acceptors (Lipinski definition) is 5. The van der Waals surface area contributed by atoms with E-state index in [-0.39, 0.29) is 10.4 Å². The molecule has 1 aliphatic heterocycles. The molecule has 0 unspecified atom stereocenters. The summed E-state index contributed by atoms with van der Waals surface area (Å²) >= 11 is 0. The highest BCUT2D eigenvalue weighted by atomic mass is 32.2. The fourth-order valence-electron chi connectivity index (χ4n) is 3.09. The number of aromatic nitrogens is 2. The van der Waals surface area contributed by atoms with E-state index in [1.54, 1.807) is 18.2 Å². The van der Waals surface area contributed by atoms with E-state index in [2.05, 4.69) is 10.3 Å². The monoisotopic (exact) mass is 360 g/mol. The topological polar surface area (TPSA) is 67.2 Å². The molecule has 0 spiro atoms. The van der Waals surface area contributed by atoms with Crippen LogP contribution in [0.5, 0.6) is 0 Å². The van der Waals surface area contributed by atoms with E-state index >= 15 is 0 Å². The van der Waals surface area contributed by atoms with E-state index < -0.39 is 15.8 Å². The normalized spacial score (nSPS) is 15.6. The van der Waals surface area contributed by atoms with Gasteiger partial charge in [-0.1, -0.05) is 18.2 Å². The molecule has 130 valence electrons. The Balaban J connectivity index is 1.89. The average Bonchev–Trinajstić information content (AvgIpc) is 3.07. The first-order valence-corrected chi connectivity index (χ1v) is 9.44. The number of nitrogens with one attached hydrogen (secondary N) is 1. The molecule has 6 nitrogen and oxygen atoms in total. The van der Waals surface area contributed by atoms with Gasteiger partial charge in [-0.2, -0.15) is 0 Å². The summed E-state index contributed by atoms with van der Waals surface area (Å²) in [6, 6.07) is 10.7. The Labute approximate surface area is 144 Å². The van der Waals surface area contributed by atoms with Crippen molar-refractivity contribution in [1.82, 2.24) is 14.3 Å². The molecule has 1 aliphatic rings. The van der Waals surface area contributed by atoms with E-state index in [0.717, 1.165) is 30.2 Å². The molecule has 1 fully saturated rings. The number of hydrogen-bond donors (Lipinski definition) is 1. The Hall–Kier alpha value is -2.45. The Morgan fingerprint density at radius 1 is 1.08 bits per heavy atom. The number of nitrogens with zero attached hydrogens (tertiary/aromatic N) is 3. The molecule has 1 saturated heterocycles. The van der Waals surface area contributed by atoms with Gasteiger partial charge in [0.25, 0.3) is 10.0 Å². The maximum Gasteiger partial charge on any atom is 0.269 e. The van der Waals surface area contributed by atoms with Crippen LogP contribution in [-0.4, -0.2) is 43.6 Å². The quantitative estimate of drug-likeness (QED) is 0.772. The summed E-state index contributed by atoms with van der Waals surface area (Å²) in [6.07, 6.45) is 1.25. The number of halogens is 1. The van der Waals surface area contributed by atoms with Crippen LogP contribution in [-0.2, 0) is 10.0 Å². The van der Waals surface area contributed by atoms with Gasteiger partial charge < -0.3 is 10.2 Å². The second-order valence-electron chi connectivity index (χ2n) is 5.89. The minimum atomic E-state index is -3.83. The van der Waals surface area contributed by atoms with Crippen molar-refractivity contribution < 1.29 is 12.8 Å². The minimum Gasteiger partial charge on any atom is -0.367 e. The SMILES string of the molecule is O=S(=O)(c1ccccc1)n1cnc2c(N3CCNCC3)cc(F)cc21. The van der Waals surface area contributed by atoms with Crippen molar-refractivity contribution in [2.24, 2.45) is 0 Å². The van der Waals surface area contributed by atoms with Gasteiger partial charge in [-0.3, -0.25) is 0 Å². The molecule has 4 rings (SSSR count). The van der Waals surface area contributed by atoms with Crippen molar-refractivity contribution in [1.29, 1.82) is 0 Å². The standard InChI is InChI=1S/C17H17FN4O2S/c18-13-10-15(21-8-6-19-7-9-21)17-16(11-13)22(12-20-17)25(23,24)14-4-2-1-3-5-14/h1-5,10-12,19H,6-9H2. The first-order chi connectivity index (χ1) is 12.1. The van der Waals surface area contributed by atoms with E-state index in [4.69, 9.17) is 0 Å². The number of fused-ring (bicyclic) bond motifs is 1. The third-order valence-electron chi connectivity index (χ3n) is 4.32. The summed E-state index contributed by atoms with van der Waals surface area (Å²) in [4.78, 5) is 6.44. The van der Waals surface area contributed by atoms with Gasteiger partial charge >= 0.3 is 0 Å². The molecule has 2 heterocycles. The zero-order valence-electron chi connectivity index (χ0n) is 13.4. The summed E-state index contributed by atoms with van der Waals surface area (Å²) < 4.78 is 41.0. The van der Waals surface area contributed by atoms with Crippen LogP contribution in [0.15, 0.2) is 53.7 Å². The zero-order chi connectivity index (χ0) is 17.4. The van der Waals surface area contributed by atoms with E-state index in [9.17, 15) is 12.8 Å². The summed E-state index contributed by atoms with van der Waals surface area (Å²) in [5.41, 5.74) is 1.36. The molecule has 3 aromatic rings. The zero-order valence-corrected chi connectivity index (χ0v) is 14.2. The Morgan fingerprint density at radius 3 is 2.52 bits per heavy atom. The lowest BCUT2D eigenvalue weighted by molar-refractivity contribution is 0.585. The molecule has 0 amide bonds. The van der Waals surface area contributed by atoms with Gasteiger partial charge in [0.05, 0.1) is 16.1 Å². The predicted octanol–water partition coefficient (Wildman–Crippen LogP) is 1.82. The highest BCUT2D eigenvalue weighted by Gasteiger charge is 2.23. The summed E-state index contributed by atoms with van der Waals surface area (Å²) in [7, 11) is -3.83. The first-order valence-electron chi connectivity index (χ1n) is 8.00. The minimum absolute atomic E-state index is 0.141. The van der Waals surface area contributed by atoms with Gasteiger partial charge in [0.15, 0.2) is 0 Å². The molecule has 2 aromatic carbocycles. The second-order valence-corrected chi connectivity index (χ2v) is 7.70. The van der Waals surface area contributed by atoms with Gasteiger partial charge in [0.1, 0.15) is 17.7 Å². The number of imidazole rings is 1. The van der Waals surface area contributed by atoms with Crippen LogP contribution in [0.1, 0.15) is 0 Å². The Kier molecular flexibility index (Phi) is 3.93. The lowest BCUT2D eigenvalue weighted by atomic mass is 10.2. The number of anilines is 1. The molecule has 25 heavy (non-hydrogen) atoms. The van der Waals surface area contributed by atoms with Gasteiger partial charge in [-0.15, -0.1) is 0 Å². The van der Waals surface area contributed by atoms with Gasteiger partial charge in [0.2, 0.25) is 0 Å². The molecule has 1 N–H and O–H groups in total. The smallest absolute Gasteiger partial charge is 0.269 e. The third kappa shape index (κ3) is 2.77. The molecule has 0 radical (unpaired) electrons. The summed E-state index contributed by atoms with van der Waals surface area (Å²) in [6.45, 7) is 3.02. The maximum absolute atomic E-state index is 14.2. The molecular weight excluding hydrogens is 343 g/mol. The van der Waals surface area contributed by atoms with E-state index in [1.165, 1.54) is 30.6 Å². The van der Waals surface area contributed by atoms with Crippen LogP contribution in [0.2, 0.25) is 0 Å². The van der Waals surface area contributed by atoms with Crippen LogP contribution in [0.25, 0.3) is 11.0 Å². The predicted molar refractivity (Wildman–Crippen MR) is 93.8 cm³/mol. The second kappa shape index (κ2) is 6.12. The van der Waals surface area contributed by atoms with Crippen LogP contribution < -0.4 is 10.2 Å².